The summed E-state index contributed by atoms with van der Waals surface area (Å²) < 4.78 is 6.12. The third-order valence-corrected chi connectivity index (χ3v) is 6.14. The van der Waals surface area contributed by atoms with Crippen LogP contribution in [0.4, 0.5) is 0 Å². The molecule has 5 nitrogen and oxygen atoms in total. The van der Waals surface area contributed by atoms with Gasteiger partial charge in [-0.25, -0.2) is 0 Å². The summed E-state index contributed by atoms with van der Waals surface area (Å²) >= 11 is 6.24. The summed E-state index contributed by atoms with van der Waals surface area (Å²) in [6.45, 7) is 3.40. The molecule has 1 aliphatic carbocycles. The molecule has 1 N–H and O–H groups in total. The third-order valence-electron chi connectivity index (χ3n) is 5.80. The normalized spacial score (nSPS) is 18.0. The molecule has 2 amide bonds. The van der Waals surface area contributed by atoms with Gasteiger partial charge < -0.3 is 15.0 Å². The van der Waals surface area contributed by atoms with E-state index in [1.165, 1.54) is 0 Å². The molecule has 1 saturated carbocycles. The van der Waals surface area contributed by atoms with E-state index in [-0.39, 0.29) is 24.0 Å². The standard InChI is InChI=1S/C24H27ClN2O3/c1-16(21-7-2-3-8-22(21)25)26-23(28)18-5-4-6-20(15-18)30-19-11-13-27(14-12-19)24(29)17-9-10-17/h2-8,15-17,19H,9-14H2,1H3,(H,26,28). The highest BCUT2D eigenvalue weighted by atomic mass is 35.5. The maximum absolute atomic E-state index is 12.7. The lowest BCUT2D eigenvalue weighted by Crippen LogP contribution is -2.42. The molecule has 0 bridgehead atoms. The Hall–Kier alpha value is -2.53. The zero-order valence-electron chi connectivity index (χ0n) is 17.1. The molecule has 1 saturated heterocycles. The third kappa shape index (κ3) is 4.96. The molecule has 4 rings (SSSR count). The Bertz CT molecular complexity index is 920. The van der Waals surface area contributed by atoms with Gasteiger partial charge in [0.1, 0.15) is 11.9 Å². The van der Waals surface area contributed by atoms with Gasteiger partial charge in [-0.1, -0.05) is 35.9 Å². The predicted octanol–water partition coefficient (Wildman–Crippen LogP) is 4.61. The van der Waals surface area contributed by atoms with Gasteiger partial charge in [-0.3, -0.25) is 9.59 Å². The number of carbonyl (C=O) groups excluding carboxylic acids is 2. The second-order valence-corrected chi connectivity index (χ2v) is 8.57. The summed E-state index contributed by atoms with van der Waals surface area (Å²) in [5.41, 5.74) is 1.43. The molecule has 30 heavy (non-hydrogen) atoms. The molecule has 2 fully saturated rings. The first-order chi connectivity index (χ1) is 14.5. The van der Waals surface area contributed by atoms with Gasteiger partial charge in [-0.2, -0.15) is 0 Å². The van der Waals surface area contributed by atoms with Crippen LogP contribution < -0.4 is 10.1 Å². The highest BCUT2D eigenvalue weighted by Gasteiger charge is 2.35. The van der Waals surface area contributed by atoms with E-state index in [0.29, 0.717) is 22.2 Å². The number of carbonyl (C=O) groups is 2. The van der Waals surface area contributed by atoms with Crippen molar-refractivity contribution in [1.82, 2.24) is 10.2 Å². The number of hydrogen-bond acceptors (Lipinski definition) is 3. The Morgan fingerprint density at radius 3 is 2.50 bits per heavy atom. The summed E-state index contributed by atoms with van der Waals surface area (Å²) in [4.78, 5) is 26.9. The Kier molecular flexibility index (Phi) is 6.28. The highest BCUT2D eigenvalue weighted by Crippen LogP contribution is 2.32. The van der Waals surface area contributed by atoms with E-state index in [2.05, 4.69) is 5.32 Å². The van der Waals surface area contributed by atoms with Crippen molar-refractivity contribution in [2.45, 2.75) is 44.8 Å². The van der Waals surface area contributed by atoms with Crippen LogP contribution in [0.25, 0.3) is 0 Å². The van der Waals surface area contributed by atoms with Crippen LogP contribution in [0.5, 0.6) is 5.75 Å². The molecular formula is C24H27ClN2O3. The molecule has 1 unspecified atom stereocenters. The zero-order valence-corrected chi connectivity index (χ0v) is 17.9. The SMILES string of the molecule is CC(NC(=O)c1cccc(OC2CCN(C(=O)C3CC3)CC2)c1)c1ccccc1Cl. The average molecular weight is 427 g/mol. The van der Waals surface area contributed by atoms with Gasteiger partial charge in [0.05, 0.1) is 6.04 Å². The molecule has 1 heterocycles. The predicted molar refractivity (Wildman–Crippen MR) is 117 cm³/mol. The number of nitrogens with one attached hydrogen (secondary N) is 1. The molecule has 0 aromatic heterocycles. The van der Waals surface area contributed by atoms with Crippen molar-refractivity contribution in [2.24, 2.45) is 5.92 Å². The van der Waals surface area contributed by atoms with Gasteiger partial charge in [0.2, 0.25) is 5.91 Å². The molecule has 2 aliphatic rings. The fraction of sp³-hybridized carbons (Fsp3) is 0.417. The van der Waals surface area contributed by atoms with Gasteiger partial charge in [-0.15, -0.1) is 0 Å². The summed E-state index contributed by atoms with van der Waals surface area (Å²) in [5.74, 6) is 1.09. The molecule has 2 aromatic carbocycles. The second kappa shape index (κ2) is 9.09. The summed E-state index contributed by atoms with van der Waals surface area (Å²) in [5, 5.41) is 3.63. The van der Waals surface area contributed by atoms with Crippen molar-refractivity contribution < 1.29 is 14.3 Å². The van der Waals surface area contributed by atoms with Crippen molar-refractivity contribution in [3.8, 4) is 5.75 Å². The van der Waals surface area contributed by atoms with E-state index < -0.39 is 0 Å². The van der Waals surface area contributed by atoms with Crippen molar-refractivity contribution in [3.05, 3.63) is 64.7 Å². The molecule has 0 radical (unpaired) electrons. The lowest BCUT2D eigenvalue weighted by molar-refractivity contribution is -0.134. The number of ether oxygens (including phenoxy) is 1. The summed E-state index contributed by atoms with van der Waals surface area (Å²) in [6.07, 6.45) is 3.78. The molecule has 2 aromatic rings. The highest BCUT2D eigenvalue weighted by molar-refractivity contribution is 6.31. The van der Waals surface area contributed by atoms with Crippen LogP contribution in [0.1, 0.15) is 54.6 Å². The van der Waals surface area contributed by atoms with Crippen molar-refractivity contribution in [3.63, 3.8) is 0 Å². The lowest BCUT2D eigenvalue weighted by Gasteiger charge is -2.32. The number of amides is 2. The van der Waals surface area contributed by atoms with Crippen LogP contribution in [0.3, 0.4) is 0 Å². The van der Waals surface area contributed by atoms with E-state index in [1.807, 2.05) is 48.2 Å². The number of piperidine rings is 1. The Balaban J connectivity index is 1.33. The summed E-state index contributed by atoms with van der Waals surface area (Å²) in [7, 11) is 0. The van der Waals surface area contributed by atoms with Gasteiger partial charge in [0.25, 0.3) is 5.91 Å². The van der Waals surface area contributed by atoms with E-state index in [4.69, 9.17) is 16.3 Å². The number of benzene rings is 2. The van der Waals surface area contributed by atoms with E-state index in [0.717, 1.165) is 44.3 Å². The van der Waals surface area contributed by atoms with E-state index >= 15 is 0 Å². The molecule has 1 atom stereocenters. The van der Waals surface area contributed by atoms with E-state index in [1.54, 1.807) is 12.1 Å². The molecule has 1 aliphatic heterocycles. The second-order valence-electron chi connectivity index (χ2n) is 8.16. The first-order valence-corrected chi connectivity index (χ1v) is 11.0. The minimum atomic E-state index is -0.205. The minimum absolute atomic E-state index is 0.0635. The molecular weight excluding hydrogens is 400 g/mol. The smallest absolute Gasteiger partial charge is 0.251 e. The Labute approximate surface area is 182 Å². The van der Waals surface area contributed by atoms with Crippen LogP contribution in [-0.2, 0) is 4.79 Å². The van der Waals surface area contributed by atoms with Gasteiger partial charge in [0.15, 0.2) is 0 Å². The molecule has 6 heteroatoms. The van der Waals surface area contributed by atoms with Crippen molar-refractivity contribution in [1.29, 1.82) is 0 Å². The van der Waals surface area contributed by atoms with Crippen molar-refractivity contribution >= 4 is 23.4 Å². The fourth-order valence-corrected chi connectivity index (χ4v) is 4.17. The molecule has 0 spiro atoms. The van der Waals surface area contributed by atoms with Gasteiger partial charge in [0, 0.05) is 42.4 Å². The number of rotatable bonds is 6. The van der Waals surface area contributed by atoms with E-state index in [9.17, 15) is 9.59 Å². The molecule has 158 valence electrons. The zero-order chi connectivity index (χ0) is 21.1. The Morgan fingerprint density at radius 2 is 1.80 bits per heavy atom. The average Bonchev–Trinajstić information content (AvgIpc) is 3.60. The van der Waals surface area contributed by atoms with Crippen LogP contribution in [0.15, 0.2) is 48.5 Å². The number of hydrogen-bond donors (Lipinski definition) is 1. The minimum Gasteiger partial charge on any atom is -0.490 e. The first kappa shape index (κ1) is 20.7. The van der Waals surface area contributed by atoms with Crippen LogP contribution in [0.2, 0.25) is 5.02 Å². The maximum atomic E-state index is 12.7. The van der Waals surface area contributed by atoms with Gasteiger partial charge >= 0.3 is 0 Å². The van der Waals surface area contributed by atoms with Crippen LogP contribution in [0, 0.1) is 5.92 Å². The quantitative estimate of drug-likeness (QED) is 0.733. The van der Waals surface area contributed by atoms with Crippen LogP contribution >= 0.6 is 11.6 Å². The topological polar surface area (TPSA) is 58.6 Å². The van der Waals surface area contributed by atoms with Crippen molar-refractivity contribution in [2.75, 3.05) is 13.1 Å². The summed E-state index contributed by atoms with van der Waals surface area (Å²) in [6, 6.07) is 14.5. The fourth-order valence-electron chi connectivity index (χ4n) is 3.87. The number of halogens is 1. The Morgan fingerprint density at radius 1 is 1.07 bits per heavy atom. The van der Waals surface area contributed by atoms with Crippen LogP contribution in [-0.4, -0.2) is 35.9 Å². The first-order valence-electron chi connectivity index (χ1n) is 10.6. The van der Waals surface area contributed by atoms with Gasteiger partial charge in [-0.05, 0) is 49.6 Å². The largest absolute Gasteiger partial charge is 0.490 e. The lowest BCUT2D eigenvalue weighted by atomic mass is 10.1. The number of nitrogens with zero attached hydrogens (tertiary/aromatic N) is 1. The number of likely N-dealkylation sites (tertiary alicyclic amines) is 1. The monoisotopic (exact) mass is 426 g/mol. The maximum Gasteiger partial charge on any atom is 0.251 e.